The van der Waals surface area contributed by atoms with Crippen LogP contribution in [0.25, 0.3) is 0 Å². The van der Waals surface area contributed by atoms with Gasteiger partial charge in [-0.05, 0) is 18.8 Å². The summed E-state index contributed by atoms with van der Waals surface area (Å²) in [6, 6.07) is 0. The van der Waals surface area contributed by atoms with E-state index in [-0.39, 0.29) is 5.91 Å². The molecule has 0 bridgehead atoms. The SMILES string of the molecule is [CH2]C1CCN(NC(=O)CO)CC1. The number of nitrogens with zero attached hydrogens (tertiary/aromatic N) is 1. The van der Waals surface area contributed by atoms with E-state index >= 15 is 0 Å². The van der Waals surface area contributed by atoms with E-state index in [0.717, 1.165) is 25.9 Å². The van der Waals surface area contributed by atoms with E-state index in [4.69, 9.17) is 5.11 Å². The lowest BCUT2D eigenvalue weighted by atomic mass is 10.0. The largest absolute Gasteiger partial charge is 0.386 e. The van der Waals surface area contributed by atoms with E-state index in [1.807, 2.05) is 5.01 Å². The quantitative estimate of drug-likeness (QED) is 0.592. The fourth-order valence-corrected chi connectivity index (χ4v) is 1.26. The maximum absolute atomic E-state index is 10.7. The first-order valence-electron chi connectivity index (χ1n) is 4.20. The first-order chi connectivity index (χ1) is 5.72. The van der Waals surface area contributed by atoms with Crippen LogP contribution in [0.1, 0.15) is 12.8 Å². The number of nitrogens with one attached hydrogen (secondary N) is 1. The average molecular weight is 171 g/mol. The molecular weight excluding hydrogens is 156 g/mol. The van der Waals surface area contributed by atoms with Gasteiger partial charge in [0.05, 0.1) is 0 Å². The Bertz CT molecular complexity index is 153. The molecule has 1 rings (SSSR count). The Hall–Kier alpha value is -0.610. The predicted molar refractivity (Wildman–Crippen MR) is 44.9 cm³/mol. The highest BCUT2D eigenvalue weighted by Gasteiger charge is 2.16. The number of hydrogen-bond acceptors (Lipinski definition) is 3. The molecule has 69 valence electrons. The van der Waals surface area contributed by atoms with Gasteiger partial charge in [-0.15, -0.1) is 0 Å². The average Bonchev–Trinajstić information content (AvgIpc) is 2.09. The molecule has 2 N–H and O–H groups in total. The van der Waals surface area contributed by atoms with Gasteiger partial charge in [-0.25, -0.2) is 5.01 Å². The second-order valence-electron chi connectivity index (χ2n) is 3.12. The summed E-state index contributed by atoms with van der Waals surface area (Å²) in [6.45, 7) is 5.17. The number of aliphatic hydroxyl groups is 1. The zero-order valence-electron chi connectivity index (χ0n) is 7.12. The van der Waals surface area contributed by atoms with Crippen molar-refractivity contribution in [1.82, 2.24) is 10.4 Å². The molecule has 1 fully saturated rings. The number of carbonyl (C=O) groups is 1. The molecule has 1 aliphatic rings. The molecule has 1 saturated heterocycles. The van der Waals surface area contributed by atoms with E-state index in [2.05, 4.69) is 12.3 Å². The molecule has 1 amide bonds. The molecule has 12 heavy (non-hydrogen) atoms. The number of hydrazine groups is 1. The highest BCUT2D eigenvalue weighted by Crippen LogP contribution is 2.13. The minimum atomic E-state index is -0.440. The standard InChI is InChI=1S/C8H15N2O2/c1-7-2-4-10(5-3-7)9-8(12)6-11/h7,11H,1-6H2,(H,9,12). The Kier molecular flexibility index (Phi) is 3.49. The lowest BCUT2D eigenvalue weighted by Crippen LogP contribution is -2.47. The molecule has 4 heteroatoms. The van der Waals surface area contributed by atoms with Crippen LogP contribution >= 0.6 is 0 Å². The molecule has 0 saturated carbocycles. The van der Waals surface area contributed by atoms with E-state index in [1.54, 1.807) is 0 Å². The lowest BCUT2D eigenvalue weighted by molar-refractivity contribution is -0.129. The molecule has 0 aliphatic carbocycles. The van der Waals surface area contributed by atoms with Crippen LogP contribution in [0.4, 0.5) is 0 Å². The van der Waals surface area contributed by atoms with Crippen LogP contribution in [0.2, 0.25) is 0 Å². The van der Waals surface area contributed by atoms with Gasteiger partial charge in [0.1, 0.15) is 6.61 Å². The maximum Gasteiger partial charge on any atom is 0.259 e. The number of rotatable bonds is 2. The number of amides is 1. The van der Waals surface area contributed by atoms with Crippen LogP contribution in [-0.4, -0.2) is 35.7 Å². The van der Waals surface area contributed by atoms with Gasteiger partial charge in [-0.2, -0.15) is 0 Å². The highest BCUT2D eigenvalue weighted by atomic mass is 16.3. The summed E-state index contributed by atoms with van der Waals surface area (Å²) in [4.78, 5) is 10.7. The van der Waals surface area contributed by atoms with Crippen molar-refractivity contribution >= 4 is 5.91 Å². The molecule has 1 heterocycles. The number of carbonyl (C=O) groups excluding carboxylic acids is 1. The van der Waals surface area contributed by atoms with Crippen molar-refractivity contribution in [3.63, 3.8) is 0 Å². The zero-order valence-corrected chi connectivity index (χ0v) is 7.12. The van der Waals surface area contributed by atoms with Crippen LogP contribution in [-0.2, 0) is 4.79 Å². The van der Waals surface area contributed by atoms with Gasteiger partial charge < -0.3 is 5.11 Å². The normalized spacial score (nSPS) is 20.8. The van der Waals surface area contributed by atoms with Crippen molar-refractivity contribution in [3.8, 4) is 0 Å². The highest BCUT2D eigenvalue weighted by molar-refractivity contribution is 5.76. The maximum atomic E-state index is 10.7. The predicted octanol–water partition coefficient (Wildman–Crippen LogP) is -0.444. The zero-order chi connectivity index (χ0) is 8.97. The number of hydrogen-bond donors (Lipinski definition) is 2. The summed E-state index contributed by atoms with van der Waals surface area (Å²) in [5.74, 6) is 0.171. The molecule has 4 nitrogen and oxygen atoms in total. The molecule has 0 aromatic heterocycles. The van der Waals surface area contributed by atoms with Gasteiger partial charge in [-0.1, -0.05) is 6.92 Å². The first kappa shape index (κ1) is 9.48. The molecule has 1 radical (unpaired) electrons. The van der Waals surface area contributed by atoms with E-state index in [0.29, 0.717) is 5.92 Å². The third-order valence-corrected chi connectivity index (χ3v) is 2.04. The Balaban J connectivity index is 2.21. The van der Waals surface area contributed by atoms with Crippen molar-refractivity contribution in [3.05, 3.63) is 6.92 Å². The third-order valence-electron chi connectivity index (χ3n) is 2.04. The van der Waals surface area contributed by atoms with Crippen LogP contribution in [0.5, 0.6) is 0 Å². The van der Waals surface area contributed by atoms with Crippen LogP contribution in [0.15, 0.2) is 0 Å². The summed E-state index contributed by atoms with van der Waals surface area (Å²) in [5.41, 5.74) is 2.61. The van der Waals surface area contributed by atoms with Gasteiger partial charge >= 0.3 is 0 Å². The topological polar surface area (TPSA) is 52.6 Å². The van der Waals surface area contributed by atoms with Crippen molar-refractivity contribution in [2.75, 3.05) is 19.7 Å². The monoisotopic (exact) mass is 171 g/mol. The molecule has 0 atom stereocenters. The fourth-order valence-electron chi connectivity index (χ4n) is 1.26. The van der Waals surface area contributed by atoms with Crippen LogP contribution < -0.4 is 5.43 Å². The molecule has 0 aromatic rings. The van der Waals surface area contributed by atoms with Crippen molar-refractivity contribution in [1.29, 1.82) is 0 Å². The number of aliphatic hydroxyl groups excluding tert-OH is 1. The van der Waals surface area contributed by atoms with Gasteiger partial charge in [0.2, 0.25) is 0 Å². The van der Waals surface area contributed by atoms with Crippen LogP contribution in [0, 0.1) is 12.8 Å². The van der Waals surface area contributed by atoms with Crippen molar-refractivity contribution in [2.45, 2.75) is 12.8 Å². The third kappa shape index (κ3) is 2.79. The Morgan fingerprint density at radius 2 is 2.17 bits per heavy atom. The fraction of sp³-hybridized carbons (Fsp3) is 0.750. The second kappa shape index (κ2) is 4.42. The minimum Gasteiger partial charge on any atom is -0.386 e. The first-order valence-corrected chi connectivity index (χ1v) is 4.20. The molecule has 0 spiro atoms. The van der Waals surface area contributed by atoms with Gasteiger partial charge in [-0.3, -0.25) is 10.2 Å². The summed E-state index contributed by atoms with van der Waals surface area (Å²) in [7, 11) is 0. The summed E-state index contributed by atoms with van der Waals surface area (Å²) in [6.07, 6.45) is 2.01. The Morgan fingerprint density at radius 3 is 2.67 bits per heavy atom. The molecular formula is C8H15N2O2. The minimum absolute atomic E-state index is 0.336. The van der Waals surface area contributed by atoms with E-state index in [1.165, 1.54) is 0 Å². The summed E-state index contributed by atoms with van der Waals surface area (Å²) < 4.78 is 0. The smallest absolute Gasteiger partial charge is 0.259 e. The lowest BCUT2D eigenvalue weighted by Gasteiger charge is -2.29. The molecule has 0 unspecified atom stereocenters. The molecule has 0 aromatic carbocycles. The Labute approximate surface area is 72.5 Å². The summed E-state index contributed by atoms with van der Waals surface area (Å²) in [5, 5.41) is 10.3. The van der Waals surface area contributed by atoms with Crippen LogP contribution in [0.3, 0.4) is 0 Å². The molecule has 1 aliphatic heterocycles. The number of piperidine rings is 1. The Morgan fingerprint density at radius 1 is 1.58 bits per heavy atom. The second-order valence-corrected chi connectivity index (χ2v) is 3.12. The van der Waals surface area contributed by atoms with Crippen molar-refractivity contribution < 1.29 is 9.90 Å². The van der Waals surface area contributed by atoms with Gasteiger partial charge in [0.15, 0.2) is 0 Å². The van der Waals surface area contributed by atoms with E-state index in [9.17, 15) is 4.79 Å². The van der Waals surface area contributed by atoms with Crippen molar-refractivity contribution in [2.24, 2.45) is 5.92 Å². The van der Waals surface area contributed by atoms with E-state index < -0.39 is 6.61 Å². The van der Waals surface area contributed by atoms with Gasteiger partial charge in [0.25, 0.3) is 5.91 Å². The summed E-state index contributed by atoms with van der Waals surface area (Å²) >= 11 is 0. The van der Waals surface area contributed by atoms with Gasteiger partial charge in [0, 0.05) is 13.1 Å².